The van der Waals surface area contributed by atoms with Crippen LogP contribution >= 0.6 is 0 Å². The maximum Gasteiger partial charge on any atom is 0.136 e. The molecule has 0 amide bonds. The molecule has 0 radical (unpaired) electrons. The molecular weight excluding hydrogens is 645 g/mol. The van der Waals surface area contributed by atoms with Gasteiger partial charge in [-0.2, -0.15) is 0 Å². The van der Waals surface area contributed by atoms with Crippen molar-refractivity contribution in [2.45, 2.75) is 12.8 Å². The van der Waals surface area contributed by atoms with Gasteiger partial charge in [-0.05, 0) is 93.7 Å². The first-order valence-corrected chi connectivity index (χ1v) is 18.4. The van der Waals surface area contributed by atoms with Gasteiger partial charge >= 0.3 is 0 Å². The molecule has 3 heteroatoms. The fourth-order valence-corrected chi connectivity index (χ4v) is 8.91. The summed E-state index contributed by atoms with van der Waals surface area (Å²) in [5.41, 5.74) is 13.5. The van der Waals surface area contributed by atoms with Crippen molar-refractivity contribution in [1.29, 1.82) is 0 Å². The number of benzene rings is 8. The number of hydrogen-bond donors (Lipinski definition) is 0. The smallest absolute Gasteiger partial charge is 0.136 e. The second kappa shape index (κ2) is 11.7. The third-order valence-corrected chi connectivity index (χ3v) is 11.4. The van der Waals surface area contributed by atoms with Crippen molar-refractivity contribution < 1.29 is 4.42 Å². The number of furan rings is 1. The summed E-state index contributed by atoms with van der Waals surface area (Å²) in [5.74, 6) is 0.297. The van der Waals surface area contributed by atoms with Crippen LogP contribution in [0.25, 0.3) is 71.3 Å². The molecule has 0 N–H and O–H groups in total. The Morgan fingerprint density at radius 2 is 1.21 bits per heavy atom. The Hall–Kier alpha value is -6.71. The molecule has 0 fully saturated rings. The maximum atomic E-state index is 6.57. The van der Waals surface area contributed by atoms with E-state index in [-0.39, 0.29) is 11.8 Å². The zero-order chi connectivity index (χ0) is 35.0. The van der Waals surface area contributed by atoms with E-state index in [0.717, 1.165) is 50.2 Å². The van der Waals surface area contributed by atoms with Gasteiger partial charge in [0.2, 0.25) is 0 Å². The quantitative estimate of drug-likeness (QED) is 0.182. The average Bonchev–Trinajstić information content (AvgIpc) is 3.76. The lowest BCUT2D eigenvalue weighted by molar-refractivity contribution is 0.651. The number of aromatic nitrogens is 1. The van der Waals surface area contributed by atoms with Gasteiger partial charge in [0.15, 0.2) is 0 Å². The first-order valence-electron chi connectivity index (χ1n) is 18.4. The predicted molar refractivity (Wildman–Crippen MR) is 221 cm³/mol. The van der Waals surface area contributed by atoms with Crippen LogP contribution in [0.3, 0.4) is 0 Å². The molecule has 1 aliphatic rings. The Morgan fingerprint density at radius 1 is 0.528 bits per heavy atom. The highest BCUT2D eigenvalue weighted by molar-refractivity contribution is 6.21. The Morgan fingerprint density at radius 3 is 2.04 bits per heavy atom. The molecule has 0 aliphatic carbocycles. The normalized spacial score (nSPS) is 15.8. The molecule has 3 heterocycles. The van der Waals surface area contributed by atoms with Crippen LogP contribution in [0.5, 0.6) is 0 Å². The molecule has 2 atom stereocenters. The van der Waals surface area contributed by atoms with E-state index in [4.69, 9.17) is 9.41 Å². The molecule has 2 aromatic heterocycles. The van der Waals surface area contributed by atoms with E-state index in [1.807, 2.05) is 0 Å². The van der Waals surface area contributed by atoms with Gasteiger partial charge in [-0.25, -0.2) is 0 Å². The van der Waals surface area contributed by atoms with E-state index in [9.17, 15) is 0 Å². The SMILES string of the molecule is C[C@@H]1C(c2cccc3oc4ccc(-c5ccc6c(c5)c5ccccc5n6-c5ccccc5)cc4c23)=Nc2cc3ccccc3cc2C1c1ccccc1. The number of fused-ring (bicyclic) bond motifs is 8. The molecular formula is C50H34N2O. The van der Waals surface area contributed by atoms with Crippen molar-refractivity contribution in [1.82, 2.24) is 4.57 Å². The van der Waals surface area contributed by atoms with Crippen molar-refractivity contribution in [3.63, 3.8) is 0 Å². The van der Waals surface area contributed by atoms with Gasteiger partial charge in [-0.3, -0.25) is 4.99 Å². The summed E-state index contributed by atoms with van der Waals surface area (Å²) in [4.78, 5) is 5.50. The Labute approximate surface area is 307 Å². The zero-order valence-corrected chi connectivity index (χ0v) is 29.2. The topological polar surface area (TPSA) is 30.4 Å². The lowest BCUT2D eigenvalue weighted by Crippen LogP contribution is -2.25. The highest BCUT2D eigenvalue weighted by atomic mass is 16.3. The average molecular weight is 679 g/mol. The van der Waals surface area contributed by atoms with E-state index < -0.39 is 0 Å². The molecule has 250 valence electrons. The van der Waals surface area contributed by atoms with Gasteiger partial charge in [-0.1, -0.05) is 122 Å². The van der Waals surface area contributed by atoms with Gasteiger partial charge in [0.05, 0.1) is 22.4 Å². The van der Waals surface area contributed by atoms with Crippen molar-refractivity contribution in [3.05, 3.63) is 193 Å². The first-order chi connectivity index (χ1) is 26.2. The highest BCUT2D eigenvalue weighted by Gasteiger charge is 2.33. The van der Waals surface area contributed by atoms with E-state index in [0.29, 0.717) is 0 Å². The molecule has 1 unspecified atom stereocenters. The molecule has 0 bridgehead atoms. The number of para-hydroxylation sites is 2. The summed E-state index contributed by atoms with van der Waals surface area (Å²) >= 11 is 0. The summed E-state index contributed by atoms with van der Waals surface area (Å²) in [6, 6.07) is 63.4. The van der Waals surface area contributed by atoms with E-state index in [1.54, 1.807) is 0 Å². The first kappa shape index (κ1) is 30.0. The zero-order valence-electron chi connectivity index (χ0n) is 29.2. The molecule has 10 aromatic rings. The number of nitrogens with zero attached hydrogens (tertiary/aromatic N) is 2. The van der Waals surface area contributed by atoms with Crippen LogP contribution in [0.2, 0.25) is 0 Å². The van der Waals surface area contributed by atoms with Gasteiger partial charge in [0.25, 0.3) is 0 Å². The van der Waals surface area contributed by atoms with Gasteiger partial charge in [0, 0.05) is 44.6 Å². The second-order valence-electron chi connectivity index (χ2n) is 14.3. The van der Waals surface area contributed by atoms with Crippen LogP contribution in [-0.4, -0.2) is 10.3 Å². The van der Waals surface area contributed by atoms with Crippen molar-refractivity contribution in [2.75, 3.05) is 0 Å². The summed E-state index contributed by atoms with van der Waals surface area (Å²) in [5, 5.41) is 7.16. The molecule has 11 rings (SSSR count). The highest BCUT2D eigenvalue weighted by Crippen LogP contribution is 2.47. The van der Waals surface area contributed by atoms with Crippen LogP contribution in [0.1, 0.15) is 29.5 Å². The third kappa shape index (κ3) is 4.64. The summed E-state index contributed by atoms with van der Waals surface area (Å²) in [6.45, 7) is 2.34. The fourth-order valence-electron chi connectivity index (χ4n) is 8.91. The van der Waals surface area contributed by atoms with Gasteiger partial charge in [0.1, 0.15) is 11.2 Å². The van der Waals surface area contributed by atoms with Gasteiger partial charge in [-0.15, -0.1) is 0 Å². The number of rotatable bonds is 4. The predicted octanol–water partition coefficient (Wildman–Crippen LogP) is 13.4. The maximum absolute atomic E-state index is 6.57. The van der Waals surface area contributed by atoms with Gasteiger partial charge < -0.3 is 8.98 Å². The monoisotopic (exact) mass is 678 g/mol. The minimum atomic E-state index is 0.133. The Kier molecular flexibility index (Phi) is 6.59. The van der Waals surface area contributed by atoms with Crippen LogP contribution in [0, 0.1) is 5.92 Å². The van der Waals surface area contributed by atoms with E-state index in [2.05, 4.69) is 187 Å². The molecule has 0 spiro atoms. The van der Waals surface area contributed by atoms with Crippen molar-refractivity contribution in [3.8, 4) is 16.8 Å². The number of aliphatic imine (C=N–C) groups is 1. The number of hydrogen-bond acceptors (Lipinski definition) is 2. The second-order valence-corrected chi connectivity index (χ2v) is 14.3. The summed E-state index contributed by atoms with van der Waals surface area (Å²) in [7, 11) is 0. The van der Waals surface area contributed by atoms with Crippen LogP contribution < -0.4 is 0 Å². The Balaban J connectivity index is 1.10. The Bertz CT molecular complexity index is 3080. The lowest BCUT2D eigenvalue weighted by Gasteiger charge is -2.32. The van der Waals surface area contributed by atoms with E-state index >= 15 is 0 Å². The lowest BCUT2D eigenvalue weighted by atomic mass is 9.74. The molecule has 1 aliphatic heterocycles. The van der Waals surface area contributed by atoms with E-state index in [1.165, 1.54) is 49.3 Å². The summed E-state index contributed by atoms with van der Waals surface area (Å²) in [6.07, 6.45) is 0. The largest absolute Gasteiger partial charge is 0.456 e. The molecule has 0 saturated heterocycles. The molecule has 53 heavy (non-hydrogen) atoms. The fraction of sp³-hybridized carbons (Fsp3) is 0.0600. The standard InChI is InChI=1S/C50H34N2O/c1-31-48(32-13-4-2-5-14-32)41-28-33-15-8-9-16-34(33)30-43(41)51-50(31)39-20-12-22-47-49(39)42-29-36(24-26-46(42)53-47)35-23-25-45-40(27-35)38-19-10-11-21-44(38)52(45)37-17-6-3-7-18-37/h2-31,48H,1H3/t31-,48?/m0/s1. The van der Waals surface area contributed by atoms with Crippen LogP contribution in [-0.2, 0) is 0 Å². The van der Waals surface area contributed by atoms with Crippen molar-refractivity contribution >= 4 is 65.9 Å². The summed E-state index contributed by atoms with van der Waals surface area (Å²) < 4.78 is 8.93. The minimum Gasteiger partial charge on any atom is -0.456 e. The molecule has 3 nitrogen and oxygen atoms in total. The third-order valence-electron chi connectivity index (χ3n) is 11.4. The van der Waals surface area contributed by atoms with Crippen LogP contribution in [0.4, 0.5) is 5.69 Å². The minimum absolute atomic E-state index is 0.133. The molecule has 0 saturated carbocycles. The molecule has 8 aromatic carbocycles. The van der Waals surface area contributed by atoms with Crippen molar-refractivity contribution in [2.24, 2.45) is 10.9 Å². The van der Waals surface area contributed by atoms with Crippen LogP contribution in [0.15, 0.2) is 185 Å².